The van der Waals surface area contributed by atoms with Crippen molar-refractivity contribution in [2.24, 2.45) is 0 Å². The molecule has 2 heteroatoms. The van der Waals surface area contributed by atoms with Gasteiger partial charge in [0, 0.05) is 26.7 Å². The van der Waals surface area contributed by atoms with Crippen molar-refractivity contribution in [3.8, 4) is 0 Å². The highest BCUT2D eigenvalue weighted by atomic mass is 15.6. The van der Waals surface area contributed by atoms with Gasteiger partial charge in [-0.2, -0.15) is 0 Å². The molecule has 0 aromatic carbocycles. The third-order valence-corrected chi connectivity index (χ3v) is 3.66. The maximum atomic E-state index is 2.46. The van der Waals surface area contributed by atoms with Crippen LogP contribution in [-0.4, -0.2) is 36.7 Å². The van der Waals surface area contributed by atoms with Crippen LogP contribution in [0, 0.1) is 0 Å². The van der Waals surface area contributed by atoms with Crippen LogP contribution in [0.25, 0.3) is 0 Å². The highest BCUT2D eigenvalue weighted by Gasteiger charge is 2.06. The van der Waals surface area contributed by atoms with Gasteiger partial charge in [-0.1, -0.05) is 65.7 Å². The summed E-state index contributed by atoms with van der Waals surface area (Å²) in [5.74, 6) is 0. The summed E-state index contributed by atoms with van der Waals surface area (Å²) in [6.45, 7) is 10.4. The van der Waals surface area contributed by atoms with Crippen LogP contribution in [-0.2, 0) is 0 Å². The van der Waals surface area contributed by atoms with Crippen LogP contribution < -0.4 is 0 Å². The summed E-state index contributed by atoms with van der Waals surface area (Å²) in [5, 5.41) is 4.88. The van der Waals surface area contributed by atoms with Crippen LogP contribution in [0.2, 0.25) is 0 Å². The molecule has 0 aliphatic heterocycles. The zero-order chi connectivity index (χ0) is 13.6. The molecule has 0 aliphatic rings. The lowest BCUT2D eigenvalue weighted by Crippen LogP contribution is -2.40. The van der Waals surface area contributed by atoms with Gasteiger partial charge < -0.3 is 0 Å². The van der Waals surface area contributed by atoms with Gasteiger partial charge >= 0.3 is 0 Å². The predicted octanol–water partition coefficient (Wildman–Crippen LogP) is 4.71. The summed E-state index contributed by atoms with van der Waals surface area (Å²) in [6.07, 6.45) is 12.5. The average Bonchev–Trinajstić information content (AvgIpc) is 2.38. The Bertz CT molecular complexity index is 159. The van der Waals surface area contributed by atoms with Crippen LogP contribution in [0.5, 0.6) is 0 Å². The monoisotopic (exact) mass is 256 g/mol. The summed E-state index contributed by atoms with van der Waals surface area (Å²) in [6, 6.07) is 0. The Hall–Kier alpha value is -0.0800. The number of unbranched alkanes of at least 4 members (excludes halogenated alkanes) is 7. The zero-order valence-electron chi connectivity index (χ0n) is 13.4. The molecular formula is C16H36N2. The maximum Gasteiger partial charge on any atom is 0.0130 e. The molecule has 0 atom stereocenters. The van der Waals surface area contributed by atoms with Gasteiger partial charge in [-0.05, 0) is 12.8 Å². The molecule has 18 heavy (non-hydrogen) atoms. The van der Waals surface area contributed by atoms with Crippen LogP contribution in [0.4, 0.5) is 0 Å². The molecule has 0 amide bonds. The molecule has 0 aromatic rings. The third kappa shape index (κ3) is 9.90. The molecule has 0 N–H and O–H groups in total. The Kier molecular flexibility index (Phi) is 13.3. The smallest absolute Gasteiger partial charge is 0.0130 e. The van der Waals surface area contributed by atoms with Gasteiger partial charge in [-0.25, -0.2) is 10.0 Å². The van der Waals surface area contributed by atoms with Crippen LogP contribution >= 0.6 is 0 Å². The van der Waals surface area contributed by atoms with E-state index in [1.54, 1.807) is 0 Å². The summed E-state index contributed by atoms with van der Waals surface area (Å²) in [5.41, 5.74) is 0. The van der Waals surface area contributed by atoms with E-state index in [1.807, 2.05) is 0 Å². The SMILES string of the molecule is CCCCCCCCCCN(C)N(CC)CCC. The lowest BCUT2D eigenvalue weighted by molar-refractivity contribution is 0.00332. The van der Waals surface area contributed by atoms with Crippen LogP contribution in [0.15, 0.2) is 0 Å². The number of hydrazine groups is 1. The minimum Gasteiger partial charge on any atom is -0.245 e. The van der Waals surface area contributed by atoms with Gasteiger partial charge in [0.1, 0.15) is 0 Å². The Morgan fingerprint density at radius 3 is 1.67 bits per heavy atom. The van der Waals surface area contributed by atoms with E-state index in [9.17, 15) is 0 Å². The van der Waals surface area contributed by atoms with Gasteiger partial charge in [0.25, 0.3) is 0 Å². The molecule has 0 unspecified atom stereocenters. The van der Waals surface area contributed by atoms with E-state index < -0.39 is 0 Å². The second-order valence-electron chi connectivity index (χ2n) is 5.40. The molecule has 2 nitrogen and oxygen atoms in total. The highest BCUT2D eigenvalue weighted by molar-refractivity contribution is 4.53. The average molecular weight is 256 g/mol. The Labute approximate surface area is 116 Å². The first-order chi connectivity index (χ1) is 8.76. The van der Waals surface area contributed by atoms with Crippen molar-refractivity contribution in [1.29, 1.82) is 0 Å². The van der Waals surface area contributed by atoms with Crippen molar-refractivity contribution in [3.05, 3.63) is 0 Å². The van der Waals surface area contributed by atoms with Crippen molar-refractivity contribution in [2.45, 2.75) is 78.6 Å². The zero-order valence-corrected chi connectivity index (χ0v) is 13.4. The molecule has 0 aliphatic carbocycles. The standard InChI is InChI=1S/C16H36N2/c1-5-8-9-10-11-12-13-14-16-17(4)18(7-3)15-6-2/h5-16H2,1-4H3. The Morgan fingerprint density at radius 2 is 1.17 bits per heavy atom. The van der Waals surface area contributed by atoms with E-state index in [-0.39, 0.29) is 0 Å². The quantitative estimate of drug-likeness (QED) is 0.348. The largest absolute Gasteiger partial charge is 0.245 e. The lowest BCUT2D eigenvalue weighted by atomic mass is 10.1. The lowest BCUT2D eigenvalue weighted by Gasteiger charge is -2.30. The predicted molar refractivity (Wildman–Crippen MR) is 82.8 cm³/mol. The minimum atomic E-state index is 1.14. The molecule has 0 saturated heterocycles. The van der Waals surface area contributed by atoms with Gasteiger partial charge in [-0.15, -0.1) is 0 Å². The normalized spacial score (nSPS) is 11.7. The van der Waals surface area contributed by atoms with Crippen molar-refractivity contribution in [2.75, 3.05) is 26.7 Å². The number of nitrogens with zero attached hydrogens (tertiary/aromatic N) is 2. The minimum absolute atomic E-state index is 1.14. The number of rotatable bonds is 13. The second-order valence-corrected chi connectivity index (χ2v) is 5.40. The van der Waals surface area contributed by atoms with E-state index in [2.05, 4.69) is 37.8 Å². The summed E-state index contributed by atoms with van der Waals surface area (Å²) in [7, 11) is 2.24. The van der Waals surface area contributed by atoms with Gasteiger partial charge in [-0.3, -0.25) is 0 Å². The first-order valence-corrected chi connectivity index (χ1v) is 8.22. The third-order valence-electron chi connectivity index (χ3n) is 3.66. The molecule has 0 radical (unpaired) electrons. The fraction of sp³-hybridized carbons (Fsp3) is 1.00. The van der Waals surface area contributed by atoms with Crippen molar-refractivity contribution in [3.63, 3.8) is 0 Å². The molecule has 0 spiro atoms. The van der Waals surface area contributed by atoms with Gasteiger partial charge in [0.15, 0.2) is 0 Å². The first-order valence-electron chi connectivity index (χ1n) is 8.22. The number of hydrogen-bond donors (Lipinski definition) is 0. The van der Waals surface area contributed by atoms with E-state index in [0.29, 0.717) is 0 Å². The molecule has 0 aromatic heterocycles. The van der Waals surface area contributed by atoms with E-state index in [4.69, 9.17) is 0 Å². The fourth-order valence-corrected chi connectivity index (χ4v) is 2.44. The van der Waals surface area contributed by atoms with Crippen molar-refractivity contribution < 1.29 is 0 Å². The molecule has 0 saturated carbocycles. The highest BCUT2D eigenvalue weighted by Crippen LogP contribution is 2.09. The summed E-state index contributed by atoms with van der Waals surface area (Å²) in [4.78, 5) is 0. The topological polar surface area (TPSA) is 6.48 Å². The maximum absolute atomic E-state index is 2.46. The second kappa shape index (κ2) is 13.4. The Morgan fingerprint density at radius 1 is 0.611 bits per heavy atom. The summed E-state index contributed by atoms with van der Waals surface area (Å²) < 4.78 is 0. The van der Waals surface area contributed by atoms with Crippen molar-refractivity contribution >= 4 is 0 Å². The summed E-state index contributed by atoms with van der Waals surface area (Å²) >= 11 is 0. The van der Waals surface area contributed by atoms with Gasteiger partial charge in [0.05, 0.1) is 0 Å². The first kappa shape index (κ1) is 17.9. The van der Waals surface area contributed by atoms with Gasteiger partial charge in [0.2, 0.25) is 0 Å². The molecule has 0 fully saturated rings. The Balaban J connectivity index is 3.36. The molecule has 0 heterocycles. The van der Waals surface area contributed by atoms with Crippen LogP contribution in [0.1, 0.15) is 78.6 Å². The molecule has 0 bridgehead atoms. The molecule has 110 valence electrons. The fourth-order valence-electron chi connectivity index (χ4n) is 2.44. The molecule has 0 rings (SSSR count). The van der Waals surface area contributed by atoms with E-state index in [1.165, 1.54) is 70.9 Å². The van der Waals surface area contributed by atoms with E-state index in [0.717, 1.165) is 6.54 Å². The number of hydrogen-bond acceptors (Lipinski definition) is 2. The van der Waals surface area contributed by atoms with Crippen LogP contribution in [0.3, 0.4) is 0 Å². The molecular weight excluding hydrogens is 220 g/mol. The van der Waals surface area contributed by atoms with E-state index >= 15 is 0 Å². The van der Waals surface area contributed by atoms with Crippen molar-refractivity contribution in [1.82, 2.24) is 10.0 Å².